The van der Waals surface area contributed by atoms with Gasteiger partial charge in [-0.25, -0.2) is 0 Å². The van der Waals surface area contributed by atoms with Crippen molar-refractivity contribution in [2.24, 2.45) is 5.73 Å². The molecule has 21 heavy (non-hydrogen) atoms. The topological polar surface area (TPSA) is 92.5 Å². The predicted molar refractivity (Wildman–Crippen MR) is 81.0 cm³/mol. The van der Waals surface area contributed by atoms with Crippen molar-refractivity contribution in [3.05, 3.63) is 29.8 Å². The molecule has 114 valence electrons. The van der Waals surface area contributed by atoms with Crippen LogP contribution in [0.5, 0.6) is 0 Å². The van der Waals surface area contributed by atoms with Gasteiger partial charge in [0.05, 0.1) is 18.8 Å². The lowest BCUT2D eigenvalue weighted by Crippen LogP contribution is -2.43. The number of amides is 2. The second-order valence-electron chi connectivity index (χ2n) is 5.11. The molecule has 0 heterocycles. The monoisotopic (exact) mass is 291 g/mol. The molecule has 0 aliphatic rings. The minimum absolute atomic E-state index is 0.00583. The number of ketones is 1. The van der Waals surface area contributed by atoms with Crippen LogP contribution < -0.4 is 11.1 Å². The Balaban J connectivity index is 2.77. The molecule has 0 fully saturated rings. The van der Waals surface area contributed by atoms with Gasteiger partial charge in [-0.1, -0.05) is 12.1 Å². The summed E-state index contributed by atoms with van der Waals surface area (Å²) >= 11 is 0. The first-order chi connectivity index (χ1) is 9.81. The zero-order valence-electron chi connectivity index (χ0n) is 12.6. The fourth-order valence-electron chi connectivity index (χ4n) is 1.89. The summed E-state index contributed by atoms with van der Waals surface area (Å²) in [7, 11) is 0. The maximum atomic E-state index is 12.1. The SMILES string of the molecule is CC(=O)c1ccccc1NC(=O)CN(CC(N)=O)C(C)C. The van der Waals surface area contributed by atoms with Crippen molar-refractivity contribution in [3.8, 4) is 0 Å². The predicted octanol–water partition coefficient (Wildman–Crippen LogP) is 1.02. The number of benzene rings is 1. The molecule has 0 aliphatic heterocycles. The summed E-state index contributed by atoms with van der Waals surface area (Å²) < 4.78 is 0. The molecule has 0 bridgehead atoms. The largest absolute Gasteiger partial charge is 0.369 e. The van der Waals surface area contributed by atoms with E-state index in [0.717, 1.165) is 0 Å². The standard InChI is InChI=1S/C15H21N3O3/c1-10(2)18(8-14(16)20)9-15(21)17-13-7-5-4-6-12(13)11(3)19/h4-7,10H,8-9H2,1-3H3,(H2,16,20)(H,17,21). The highest BCUT2D eigenvalue weighted by atomic mass is 16.2. The number of carbonyl (C=O) groups is 3. The van der Waals surface area contributed by atoms with E-state index in [4.69, 9.17) is 5.73 Å². The van der Waals surface area contributed by atoms with Gasteiger partial charge in [0, 0.05) is 11.6 Å². The number of rotatable bonds is 7. The first-order valence-electron chi connectivity index (χ1n) is 6.73. The van der Waals surface area contributed by atoms with Gasteiger partial charge < -0.3 is 11.1 Å². The number of nitrogens with two attached hydrogens (primary N) is 1. The Morgan fingerprint density at radius 2 is 1.81 bits per heavy atom. The molecule has 0 atom stereocenters. The number of primary amides is 1. The van der Waals surface area contributed by atoms with Gasteiger partial charge in [0.1, 0.15) is 0 Å². The maximum Gasteiger partial charge on any atom is 0.238 e. The summed E-state index contributed by atoms with van der Waals surface area (Å²) in [5.74, 6) is -0.900. The highest BCUT2D eigenvalue weighted by molar-refractivity contribution is 6.04. The summed E-state index contributed by atoms with van der Waals surface area (Å²) in [6.07, 6.45) is 0. The van der Waals surface area contributed by atoms with Crippen molar-refractivity contribution in [3.63, 3.8) is 0 Å². The van der Waals surface area contributed by atoms with Gasteiger partial charge in [-0.2, -0.15) is 0 Å². The smallest absolute Gasteiger partial charge is 0.238 e. The van der Waals surface area contributed by atoms with Crippen LogP contribution in [0, 0.1) is 0 Å². The molecule has 0 saturated heterocycles. The van der Waals surface area contributed by atoms with Crippen LogP contribution in [-0.4, -0.2) is 41.6 Å². The number of nitrogens with one attached hydrogen (secondary N) is 1. The second-order valence-corrected chi connectivity index (χ2v) is 5.11. The van der Waals surface area contributed by atoms with E-state index in [2.05, 4.69) is 5.32 Å². The minimum Gasteiger partial charge on any atom is -0.369 e. The molecule has 0 aromatic heterocycles. The van der Waals surface area contributed by atoms with Crippen LogP contribution >= 0.6 is 0 Å². The first kappa shape index (κ1) is 16.8. The normalized spacial score (nSPS) is 10.7. The van der Waals surface area contributed by atoms with Crippen LogP contribution in [0.3, 0.4) is 0 Å². The average molecular weight is 291 g/mol. The zero-order chi connectivity index (χ0) is 16.0. The van der Waals surface area contributed by atoms with Crippen LogP contribution in [0.4, 0.5) is 5.69 Å². The lowest BCUT2D eigenvalue weighted by molar-refractivity contribution is -0.121. The second kappa shape index (κ2) is 7.54. The van der Waals surface area contributed by atoms with E-state index in [1.807, 2.05) is 13.8 Å². The summed E-state index contributed by atoms with van der Waals surface area (Å²) in [4.78, 5) is 36.2. The molecule has 1 aromatic rings. The van der Waals surface area contributed by atoms with Gasteiger partial charge in [0.25, 0.3) is 0 Å². The summed E-state index contributed by atoms with van der Waals surface area (Å²) in [5, 5.41) is 2.70. The Morgan fingerprint density at radius 3 is 2.33 bits per heavy atom. The van der Waals surface area contributed by atoms with Crippen LogP contribution in [0.15, 0.2) is 24.3 Å². The summed E-state index contributed by atoms with van der Waals surface area (Å²) in [5.41, 5.74) is 6.09. The van der Waals surface area contributed by atoms with Crippen molar-refractivity contribution >= 4 is 23.3 Å². The Hall–Kier alpha value is -2.21. The number of anilines is 1. The van der Waals surface area contributed by atoms with Gasteiger partial charge in [-0.3, -0.25) is 19.3 Å². The van der Waals surface area contributed by atoms with Crippen molar-refractivity contribution in [1.82, 2.24) is 4.90 Å². The highest BCUT2D eigenvalue weighted by Crippen LogP contribution is 2.15. The van der Waals surface area contributed by atoms with Gasteiger partial charge >= 0.3 is 0 Å². The average Bonchev–Trinajstić information content (AvgIpc) is 2.37. The van der Waals surface area contributed by atoms with Crippen molar-refractivity contribution in [1.29, 1.82) is 0 Å². The number of Topliss-reactive ketones (excluding diaryl/α,β-unsaturated/α-hetero) is 1. The lowest BCUT2D eigenvalue weighted by Gasteiger charge is -2.24. The first-order valence-corrected chi connectivity index (χ1v) is 6.73. The van der Waals surface area contributed by atoms with Gasteiger partial charge in [0.15, 0.2) is 5.78 Å². The molecule has 0 unspecified atom stereocenters. The number of hydrogen-bond acceptors (Lipinski definition) is 4. The van der Waals surface area contributed by atoms with Gasteiger partial charge in [0.2, 0.25) is 11.8 Å². The number of nitrogens with zero attached hydrogens (tertiary/aromatic N) is 1. The van der Waals surface area contributed by atoms with Crippen molar-refractivity contribution in [2.75, 3.05) is 18.4 Å². The molecule has 1 aromatic carbocycles. The molecule has 6 heteroatoms. The highest BCUT2D eigenvalue weighted by Gasteiger charge is 2.17. The van der Waals surface area contributed by atoms with Gasteiger partial charge in [-0.15, -0.1) is 0 Å². The van der Waals surface area contributed by atoms with Crippen LogP contribution in [0.25, 0.3) is 0 Å². The Kier molecular flexibility index (Phi) is 6.05. The summed E-state index contributed by atoms with van der Waals surface area (Å²) in [6.45, 7) is 5.24. The van der Waals surface area contributed by atoms with E-state index in [0.29, 0.717) is 11.3 Å². The van der Waals surface area contributed by atoms with Gasteiger partial charge in [-0.05, 0) is 32.9 Å². The van der Waals surface area contributed by atoms with Crippen LogP contribution in [-0.2, 0) is 9.59 Å². The van der Waals surface area contributed by atoms with Crippen molar-refractivity contribution < 1.29 is 14.4 Å². The molecule has 2 amide bonds. The molecule has 0 aliphatic carbocycles. The number of carbonyl (C=O) groups excluding carboxylic acids is 3. The maximum absolute atomic E-state index is 12.1. The Bertz CT molecular complexity index is 541. The van der Waals surface area contributed by atoms with E-state index in [1.54, 1.807) is 29.2 Å². The van der Waals surface area contributed by atoms with E-state index >= 15 is 0 Å². The molecular weight excluding hydrogens is 270 g/mol. The molecule has 0 radical (unpaired) electrons. The Labute approximate surface area is 124 Å². The molecule has 0 saturated carbocycles. The fraction of sp³-hybridized carbons (Fsp3) is 0.400. The molecular formula is C15H21N3O3. The molecule has 1 rings (SSSR count). The van der Waals surface area contributed by atoms with Crippen LogP contribution in [0.1, 0.15) is 31.1 Å². The third-order valence-electron chi connectivity index (χ3n) is 3.02. The van der Waals surface area contributed by atoms with E-state index < -0.39 is 5.91 Å². The zero-order valence-corrected chi connectivity index (χ0v) is 12.6. The van der Waals surface area contributed by atoms with E-state index in [9.17, 15) is 14.4 Å². The summed E-state index contributed by atoms with van der Waals surface area (Å²) in [6, 6.07) is 6.81. The van der Waals surface area contributed by atoms with Crippen LogP contribution in [0.2, 0.25) is 0 Å². The lowest BCUT2D eigenvalue weighted by atomic mass is 10.1. The minimum atomic E-state index is -0.486. The fourth-order valence-corrected chi connectivity index (χ4v) is 1.89. The number of para-hydroxylation sites is 1. The van der Waals surface area contributed by atoms with E-state index in [-0.39, 0.29) is 30.8 Å². The quantitative estimate of drug-likeness (QED) is 0.734. The third-order valence-corrected chi connectivity index (χ3v) is 3.02. The molecule has 3 N–H and O–H groups in total. The van der Waals surface area contributed by atoms with E-state index in [1.165, 1.54) is 6.92 Å². The number of hydrogen-bond donors (Lipinski definition) is 2. The molecule has 0 spiro atoms. The molecule has 6 nitrogen and oxygen atoms in total. The third kappa shape index (κ3) is 5.35. The Morgan fingerprint density at radius 1 is 1.19 bits per heavy atom. The van der Waals surface area contributed by atoms with Crippen molar-refractivity contribution in [2.45, 2.75) is 26.8 Å².